The van der Waals surface area contributed by atoms with Crippen molar-refractivity contribution in [1.29, 1.82) is 0 Å². The van der Waals surface area contributed by atoms with Gasteiger partial charge in [-0.25, -0.2) is 4.98 Å². The second-order valence-corrected chi connectivity index (χ2v) is 8.21. The molecule has 2 aromatic carbocycles. The van der Waals surface area contributed by atoms with Crippen LogP contribution in [0.2, 0.25) is 0 Å². The van der Waals surface area contributed by atoms with Crippen LogP contribution in [0.3, 0.4) is 0 Å². The van der Waals surface area contributed by atoms with Gasteiger partial charge in [-0.2, -0.15) is 0 Å². The Labute approximate surface area is 184 Å². The lowest BCUT2D eigenvalue weighted by Gasteiger charge is -2.21. The van der Waals surface area contributed by atoms with Crippen LogP contribution in [0.25, 0.3) is 16.9 Å². The van der Waals surface area contributed by atoms with E-state index in [0.717, 1.165) is 33.7 Å². The fraction of sp³-hybridized carbons (Fsp3) is 0.259. The highest BCUT2D eigenvalue weighted by Crippen LogP contribution is 2.27. The average Bonchev–Trinajstić information content (AvgIpc) is 3.11. The molecular formula is C27H29N3O. The number of rotatable bonds is 6. The van der Waals surface area contributed by atoms with E-state index in [1.165, 1.54) is 11.1 Å². The van der Waals surface area contributed by atoms with Crippen molar-refractivity contribution in [3.63, 3.8) is 0 Å². The molecule has 158 valence electrons. The van der Waals surface area contributed by atoms with Gasteiger partial charge in [0, 0.05) is 24.8 Å². The topological polar surface area (TPSA) is 37.6 Å². The highest BCUT2D eigenvalue weighted by atomic mass is 16.2. The van der Waals surface area contributed by atoms with E-state index in [9.17, 15) is 4.79 Å². The molecule has 4 aromatic rings. The third-order valence-electron chi connectivity index (χ3n) is 5.93. The Morgan fingerprint density at radius 3 is 2.45 bits per heavy atom. The minimum absolute atomic E-state index is 0.110. The predicted octanol–water partition coefficient (Wildman–Crippen LogP) is 5.52. The van der Waals surface area contributed by atoms with E-state index in [2.05, 4.69) is 67.6 Å². The summed E-state index contributed by atoms with van der Waals surface area (Å²) >= 11 is 0. The molecule has 0 spiro atoms. The Bertz CT molecular complexity index is 1220. The molecule has 31 heavy (non-hydrogen) atoms. The Hall–Kier alpha value is -3.40. The number of aromatic nitrogens is 2. The number of carbonyl (C=O) groups is 1. The van der Waals surface area contributed by atoms with E-state index in [1.807, 2.05) is 36.2 Å². The first-order chi connectivity index (χ1) is 15.0. The molecule has 0 fully saturated rings. The number of imidazole rings is 1. The average molecular weight is 412 g/mol. The summed E-state index contributed by atoms with van der Waals surface area (Å²) < 4.78 is 2.06. The van der Waals surface area contributed by atoms with E-state index < -0.39 is 0 Å². The number of carbonyl (C=O) groups excluding carboxylic acids is 1. The van der Waals surface area contributed by atoms with Gasteiger partial charge in [0.05, 0.1) is 17.8 Å². The molecule has 0 bridgehead atoms. The summed E-state index contributed by atoms with van der Waals surface area (Å²) in [4.78, 5) is 20.2. The molecule has 4 nitrogen and oxygen atoms in total. The standard InChI is InChI=1S/C27H29N3O/c1-5-29(18-22-9-7-6-8-10-22)26(31)17-24-27(23-12-11-20(3)21(4)16-23)28-25-15-19(2)13-14-30(24)25/h6-16H,5,17-18H2,1-4H3. The maximum Gasteiger partial charge on any atom is 0.228 e. The normalized spacial score (nSPS) is 11.1. The molecule has 2 aromatic heterocycles. The van der Waals surface area contributed by atoms with Crippen LogP contribution >= 0.6 is 0 Å². The molecule has 1 amide bonds. The van der Waals surface area contributed by atoms with E-state index in [0.29, 0.717) is 19.5 Å². The Kier molecular flexibility index (Phi) is 5.90. The second-order valence-electron chi connectivity index (χ2n) is 8.21. The zero-order valence-electron chi connectivity index (χ0n) is 18.7. The Balaban J connectivity index is 1.73. The molecule has 4 rings (SSSR count). The molecule has 0 unspecified atom stereocenters. The summed E-state index contributed by atoms with van der Waals surface area (Å²) in [7, 11) is 0. The van der Waals surface area contributed by atoms with Crippen molar-refractivity contribution < 1.29 is 4.79 Å². The molecule has 0 saturated heterocycles. The number of aryl methyl sites for hydroxylation is 3. The summed E-state index contributed by atoms with van der Waals surface area (Å²) in [5.41, 5.74) is 8.53. The van der Waals surface area contributed by atoms with Gasteiger partial charge < -0.3 is 9.30 Å². The molecule has 4 heteroatoms. The summed E-state index contributed by atoms with van der Waals surface area (Å²) in [5, 5.41) is 0. The van der Waals surface area contributed by atoms with Gasteiger partial charge in [0.1, 0.15) is 5.65 Å². The lowest BCUT2D eigenvalue weighted by molar-refractivity contribution is -0.130. The Morgan fingerprint density at radius 1 is 0.968 bits per heavy atom. The fourth-order valence-electron chi connectivity index (χ4n) is 3.92. The van der Waals surface area contributed by atoms with Crippen LogP contribution in [0.5, 0.6) is 0 Å². The third-order valence-corrected chi connectivity index (χ3v) is 5.93. The van der Waals surface area contributed by atoms with Crippen LogP contribution in [0.4, 0.5) is 0 Å². The molecule has 2 heterocycles. The molecule has 0 atom stereocenters. The number of amides is 1. The van der Waals surface area contributed by atoms with E-state index in [4.69, 9.17) is 4.98 Å². The van der Waals surface area contributed by atoms with Crippen molar-refractivity contribution in [2.45, 2.75) is 40.7 Å². The highest BCUT2D eigenvalue weighted by Gasteiger charge is 2.20. The maximum atomic E-state index is 13.3. The van der Waals surface area contributed by atoms with Crippen LogP contribution in [0.15, 0.2) is 66.9 Å². The summed E-state index contributed by atoms with van der Waals surface area (Å²) in [6.07, 6.45) is 2.34. The molecule has 0 aliphatic carbocycles. The van der Waals surface area contributed by atoms with Crippen molar-refractivity contribution in [3.8, 4) is 11.3 Å². The Morgan fingerprint density at radius 2 is 1.74 bits per heavy atom. The predicted molar refractivity (Wildman–Crippen MR) is 126 cm³/mol. The van der Waals surface area contributed by atoms with E-state index in [1.54, 1.807) is 0 Å². The first-order valence-electron chi connectivity index (χ1n) is 10.8. The number of hydrogen-bond donors (Lipinski definition) is 0. The maximum absolute atomic E-state index is 13.3. The lowest BCUT2D eigenvalue weighted by Crippen LogP contribution is -2.32. The summed E-state index contributed by atoms with van der Waals surface area (Å²) in [6.45, 7) is 9.60. The SMILES string of the molecule is CCN(Cc1ccccc1)C(=O)Cc1c(-c2ccc(C)c(C)c2)nc2cc(C)ccn12. The van der Waals surface area contributed by atoms with Gasteiger partial charge >= 0.3 is 0 Å². The van der Waals surface area contributed by atoms with Crippen LogP contribution in [0, 0.1) is 20.8 Å². The number of benzene rings is 2. The van der Waals surface area contributed by atoms with Crippen LogP contribution in [-0.4, -0.2) is 26.7 Å². The minimum atomic E-state index is 0.110. The van der Waals surface area contributed by atoms with Gasteiger partial charge in [-0.15, -0.1) is 0 Å². The first-order valence-corrected chi connectivity index (χ1v) is 10.8. The number of fused-ring (bicyclic) bond motifs is 1. The molecule has 0 aliphatic heterocycles. The van der Waals surface area contributed by atoms with Gasteiger partial charge in [0.2, 0.25) is 5.91 Å². The second kappa shape index (κ2) is 8.76. The van der Waals surface area contributed by atoms with Gasteiger partial charge in [-0.1, -0.05) is 42.5 Å². The number of pyridine rings is 1. The monoisotopic (exact) mass is 411 g/mol. The van der Waals surface area contributed by atoms with Gasteiger partial charge in [-0.05, 0) is 68.1 Å². The van der Waals surface area contributed by atoms with Crippen molar-refractivity contribution in [3.05, 3.63) is 94.8 Å². The summed E-state index contributed by atoms with van der Waals surface area (Å²) in [6, 6.07) is 20.7. The fourth-order valence-corrected chi connectivity index (χ4v) is 3.92. The van der Waals surface area contributed by atoms with E-state index in [-0.39, 0.29) is 5.91 Å². The van der Waals surface area contributed by atoms with Crippen molar-refractivity contribution in [2.75, 3.05) is 6.54 Å². The number of nitrogens with zero attached hydrogens (tertiary/aromatic N) is 3. The smallest absolute Gasteiger partial charge is 0.228 e. The van der Waals surface area contributed by atoms with Gasteiger partial charge in [0.15, 0.2) is 0 Å². The molecule has 0 saturated carbocycles. The van der Waals surface area contributed by atoms with Crippen LogP contribution < -0.4 is 0 Å². The quantitative estimate of drug-likeness (QED) is 0.419. The molecule has 0 N–H and O–H groups in total. The zero-order valence-corrected chi connectivity index (χ0v) is 18.7. The summed E-state index contributed by atoms with van der Waals surface area (Å²) in [5.74, 6) is 0.110. The van der Waals surface area contributed by atoms with E-state index >= 15 is 0 Å². The van der Waals surface area contributed by atoms with Crippen molar-refractivity contribution in [1.82, 2.24) is 14.3 Å². The van der Waals surface area contributed by atoms with Crippen molar-refractivity contribution in [2.24, 2.45) is 0 Å². The zero-order chi connectivity index (χ0) is 22.0. The van der Waals surface area contributed by atoms with Crippen molar-refractivity contribution >= 4 is 11.6 Å². The molecular weight excluding hydrogens is 382 g/mol. The van der Waals surface area contributed by atoms with Crippen LogP contribution in [-0.2, 0) is 17.8 Å². The lowest BCUT2D eigenvalue weighted by atomic mass is 10.0. The molecule has 0 radical (unpaired) electrons. The third kappa shape index (κ3) is 4.38. The minimum Gasteiger partial charge on any atom is -0.338 e. The largest absolute Gasteiger partial charge is 0.338 e. The van der Waals surface area contributed by atoms with Gasteiger partial charge in [-0.3, -0.25) is 4.79 Å². The van der Waals surface area contributed by atoms with Crippen LogP contribution in [0.1, 0.15) is 34.9 Å². The highest BCUT2D eigenvalue weighted by molar-refractivity contribution is 5.82. The first kappa shape index (κ1) is 20.9. The van der Waals surface area contributed by atoms with Gasteiger partial charge in [0.25, 0.3) is 0 Å². The number of likely N-dealkylation sites (N-methyl/N-ethyl adjacent to an activating group) is 1. The number of hydrogen-bond acceptors (Lipinski definition) is 2. The molecule has 0 aliphatic rings.